The zero-order valence-corrected chi connectivity index (χ0v) is 20.5. The molecule has 2 fully saturated rings. The first-order valence-corrected chi connectivity index (χ1v) is 10.6. The number of likely N-dealkylation sites (tertiary alicyclic amines) is 1. The molecule has 2 saturated heterocycles. The number of furan rings is 1. The molecule has 0 radical (unpaired) electrons. The standard InChI is InChI=1S/C21H37N5O2.HI/c1-22-20(24-17-21(25(2)3)9-14-27-15-10-21)23-16-18(19-8-7-13-28-19)26-11-5-4-6-12-26;/h7-8,13,18H,4-6,9-12,14-17H2,1-3H3,(H2,22,23,24);1H. The summed E-state index contributed by atoms with van der Waals surface area (Å²) >= 11 is 0. The van der Waals surface area contributed by atoms with Crippen molar-refractivity contribution in [2.24, 2.45) is 4.99 Å². The number of hydrogen-bond donors (Lipinski definition) is 2. The number of likely N-dealkylation sites (N-methyl/N-ethyl adjacent to an activating group) is 1. The van der Waals surface area contributed by atoms with Crippen molar-refractivity contribution in [2.75, 3.05) is 60.5 Å². The van der Waals surface area contributed by atoms with Gasteiger partial charge in [-0.1, -0.05) is 6.42 Å². The molecule has 1 aromatic rings. The lowest BCUT2D eigenvalue weighted by Gasteiger charge is -2.43. The number of guanidine groups is 1. The van der Waals surface area contributed by atoms with Crippen LogP contribution in [0.1, 0.15) is 43.9 Å². The Kier molecular flexibility index (Phi) is 10.2. The monoisotopic (exact) mass is 519 g/mol. The molecule has 166 valence electrons. The number of hydrogen-bond acceptors (Lipinski definition) is 5. The highest BCUT2D eigenvalue weighted by Crippen LogP contribution is 2.26. The summed E-state index contributed by atoms with van der Waals surface area (Å²) < 4.78 is 11.3. The lowest BCUT2D eigenvalue weighted by Crippen LogP contribution is -2.57. The fourth-order valence-corrected chi connectivity index (χ4v) is 4.32. The first-order valence-electron chi connectivity index (χ1n) is 10.6. The lowest BCUT2D eigenvalue weighted by molar-refractivity contribution is -0.00502. The Hall–Kier alpha value is -0.840. The van der Waals surface area contributed by atoms with Gasteiger partial charge in [0.05, 0.1) is 12.3 Å². The largest absolute Gasteiger partial charge is 0.468 e. The van der Waals surface area contributed by atoms with E-state index in [2.05, 4.69) is 45.6 Å². The molecule has 0 bridgehead atoms. The molecule has 0 aliphatic carbocycles. The van der Waals surface area contributed by atoms with Crippen molar-refractivity contribution in [2.45, 2.75) is 43.7 Å². The first-order chi connectivity index (χ1) is 13.6. The number of aliphatic imine (C=N–C) groups is 1. The summed E-state index contributed by atoms with van der Waals surface area (Å²) in [7, 11) is 6.16. The van der Waals surface area contributed by atoms with Crippen molar-refractivity contribution in [1.82, 2.24) is 20.4 Å². The third-order valence-corrected chi connectivity index (χ3v) is 6.35. The Morgan fingerprint density at radius 2 is 1.93 bits per heavy atom. The molecule has 8 heteroatoms. The van der Waals surface area contributed by atoms with Crippen LogP contribution in [0.25, 0.3) is 0 Å². The summed E-state index contributed by atoms with van der Waals surface area (Å²) in [5.41, 5.74) is 0.114. The molecule has 1 unspecified atom stereocenters. The van der Waals surface area contributed by atoms with Crippen molar-refractivity contribution in [3.05, 3.63) is 24.2 Å². The minimum absolute atomic E-state index is 0. The summed E-state index contributed by atoms with van der Waals surface area (Å²) in [6.45, 7) is 5.54. The van der Waals surface area contributed by atoms with Crippen molar-refractivity contribution in [1.29, 1.82) is 0 Å². The van der Waals surface area contributed by atoms with E-state index in [0.29, 0.717) is 0 Å². The highest BCUT2D eigenvalue weighted by Gasteiger charge is 2.35. The van der Waals surface area contributed by atoms with Gasteiger partial charge in [0.1, 0.15) is 5.76 Å². The SMILES string of the molecule is CN=C(NCC(c1ccco1)N1CCCCC1)NCC1(N(C)C)CCOCC1.I. The second-order valence-electron chi connectivity index (χ2n) is 8.17. The first kappa shape index (κ1) is 24.4. The molecule has 2 aliphatic rings. The third kappa shape index (κ3) is 6.57. The van der Waals surface area contributed by atoms with Gasteiger partial charge in [0, 0.05) is 38.9 Å². The van der Waals surface area contributed by atoms with E-state index in [4.69, 9.17) is 9.15 Å². The smallest absolute Gasteiger partial charge is 0.191 e. The average molecular weight is 519 g/mol. The molecule has 29 heavy (non-hydrogen) atoms. The highest BCUT2D eigenvalue weighted by molar-refractivity contribution is 14.0. The van der Waals surface area contributed by atoms with Gasteiger partial charge >= 0.3 is 0 Å². The van der Waals surface area contributed by atoms with E-state index in [1.54, 1.807) is 6.26 Å². The maximum atomic E-state index is 5.75. The number of rotatable bonds is 7. The van der Waals surface area contributed by atoms with Crippen LogP contribution >= 0.6 is 24.0 Å². The van der Waals surface area contributed by atoms with E-state index in [-0.39, 0.29) is 35.6 Å². The Morgan fingerprint density at radius 1 is 1.21 bits per heavy atom. The molecule has 0 amide bonds. The molecule has 7 nitrogen and oxygen atoms in total. The number of ether oxygens (including phenoxy) is 1. The normalized spacial score (nSPS) is 21.4. The van der Waals surface area contributed by atoms with Gasteiger partial charge in [0.15, 0.2) is 5.96 Å². The van der Waals surface area contributed by atoms with Gasteiger partial charge < -0.3 is 24.7 Å². The molecule has 1 atom stereocenters. The molecule has 0 saturated carbocycles. The van der Waals surface area contributed by atoms with Crippen LogP contribution in [0.4, 0.5) is 0 Å². The van der Waals surface area contributed by atoms with E-state index >= 15 is 0 Å². The summed E-state index contributed by atoms with van der Waals surface area (Å²) in [4.78, 5) is 9.32. The maximum Gasteiger partial charge on any atom is 0.191 e. The molecule has 2 aliphatic heterocycles. The zero-order valence-electron chi connectivity index (χ0n) is 18.2. The fourth-order valence-electron chi connectivity index (χ4n) is 4.32. The summed E-state index contributed by atoms with van der Waals surface area (Å²) in [6, 6.07) is 4.30. The van der Waals surface area contributed by atoms with Gasteiger partial charge in [-0.15, -0.1) is 24.0 Å². The van der Waals surface area contributed by atoms with Crippen molar-refractivity contribution >= 4 is 29.9 Å². The molecule has 0 aromatic carbocycles. The van der Waals surface area contributed by atoms with E-state index in [0.717, 1.165) is 64.0 Å². The van der Waals surface area contributed by atoms with E-state index in [1.807, 2.05) is 13.1 Å². The van der Waals surface area contributed by atoms with E-state index in [1.165, 1.54) is 19.3 Å². The number of nitrogens with one attached hydrogen (secondary N) is 2. The van der Waals surface area contributed by atoms with Gasteiger partial charge in [-0.2, -0.15) is 0 Å². The number of halogens is 1. The van der Waals surface area contributed by atoms with Crippen LogP contribution in [0.3, 0.4) is 0 Å². The van der Waals surface area contributed by atoms with Gasteiger partial charge in [0.25, 0.3) is 0 Å². The Balaban J connectivity index is 0.00000300. The highest BCUT2D eigenvalue weighted by atomic mass is 127. The molecule has 3 rings (SSSR count). The third-order valence-electron chi connectivity index (χ3n) is 6.35. The van der Waals surface area contributed by atoms with Crippen molar-refractivity contribution < 1.29 is 9.15 Å². The molecule has 1 aromatic heterocycles. The lowest BCUT2D eigenvalue weighted by atomic mass is 9.88. The van der Waals surface area contributed by atoms with E-state index in [9.17, 15) is 0 Å². The molecule has 0 spiro atoms. The van der Waals surface area contributed by atoms with Crippen LogP contribution in [0.2, 0.25) is 0 Å². The van der Waals surface area contributed by atoms with Gasteiger partial charge in [-0.3, -0.25) is 9.89 Å². The fraction of sp³-hybridized carbons (Fsp3) is 0.762. The predicted molar refractivity (Wildman–Crippen MR) is 128 cm³/mol. The average Bonchev–Trinajstić information content (AvgIpc) is 3.26. The molecular weight excluding hydrogens is 481 g/mol. The van der Waals surface area contributed by atoms with Gasteiger partial charge in [-0.05, 0) is 65.0 Å². The second kappa shape index (κ2) is 12.1. The Morgan fingerprint density at radius 3 is 2.52 bits per heavy atom. The number of piperidine rings is 1. The summed E-state index contributed by atoms with van der Waals surface area (Å²) in [5.74, 6) is 1.88. The van der Waals surface area contributed by atoms with Crippen LogP contribution in [-0.2, 0) is 4.74 Å². The van der Waals surface area contributed by atoms with Crippen LogP contribution in [-0.4, -0.2) is 81.8 Å². The van der Waals surface area contributed by atoms with Crippen LogP contribution in [0.15, 0.2) is 27.8 Å². The number of nitrogens with zero attached hydrogens (tertiary/aromatic N) is 3. The minimum atomic E-state index is 0. The van der Waals surface area contributed by atoms with Crippen molar-refractivity contribution in [3.63, 3.8) is 0 Å². The summed E-state index contributed by atoms with van der Waals surface area (Å²) in [6.07, 6.45) is 7.69. The van der Waals surface area contributed by atoms with Gasteiger partial charge in [0.2, 0.25) is 0 Å². The van der Waals surface area contributed by atoms with Crippen LogP contribution < -0.4 is 10.6 Å². The summed E-state index contributed by atoms with van der Waals surface area (Å²) in [5, 5.41) is 7.10. The minimum Gasteiger partial charge on any atom is -0.468 e. The quantitative estimate of drug-likeness (QED) is 0.328. The Labute approximate surface area is 192 Å². The van der Waals surface area contributed by atoms with Crippen molar-refractivity contribution in [3.8, 4) is 0 Å². The van der Waals surface area contributed by atoms with Crippen LogP contribution in [0, 0.1) is 0 Å². The molecular formula is C21H38IN5O2. The topological polar surface area (TPSA) is 65.3 Å². The zero-order chi connectivity index (χ0) is 19.8. The van der Waals surface area contributed by atoms with Crippen LogP contribution in [0.5, 0.6) is 0 Å². The van der Waals surface area contributed by atoms with E-state index < -0.39 is 0 Å². The molecule has 2 N–H and O–H groups in total. The predicted octanol–water partition coefficient (Wildman–Crippen LogP) is 2.70. The van der Waals surface area contributed by atoms with Gasteiger partial charge in [-0.25, -0.2) is 0 Å². The Bertz CT molecular complexity index is 596. The second-order valence-corrected chi connectivity index (χ2v) is 8.17. The maximum absolute atomic E-state index is 5.75. The molecule has 3 heterocycles.